The highest BCUT2D eigenvalue weighted by atomic mass is 16.3. The molecule has 96 valence electrons. The highest BCUT2D eigenvalue weighted by Crippen LogP contribution is 2.01. The van der Waals surface area contributed by atoms with E-state index in [4.69, 9.17) is 5.11 Å². The fraction of sp³-hybridized carbons (Fsp3) is 0.727. The average Bonchev–Trinajstić information content (AvgIpc) is 2.78. The van der Waals surface area contributed by atoms with Gasteiger partial charge in [-0.1, -0.05) is 5.21 Å². The lowest BCUT2D eigenvalue weighted by Crippen LogP contribution is -2.30. The van der Waals surface area contributed by atoms with E-state index in [1.807, 2.05) is 18.7 Å². The van der Waals surface area contributed by atoms with Crippen molar-refractivity contribution in [1.82, 2.24) is 19.9 Å². The largest absolute Gasteiger partial charge is 0.390 e. The number of aryl methyl sites for hydroxylation is 1. The zero-order valence-corrected chi connectivity index (χ0v) is 10.5. The summed E-state index contributed by atoms with van der Waals surface area (Å²) in [6.45, 7) is 6.03. The van der Waals surface area contributed by atoms with Gasteiger partial charge in [-0.05, 0) is 20.3 Å². The van der Waals surface area contributed by atoms with Crippen LogP contribution in [0.2, 0.25) is 0 Å². The lowest BCUT2D eigenvalue weighted by atomic mass is 10.2. The summed E-state index contributed by atoms with van der Waals surface area (Å²) in [6, 6.07) is 0. The number of carbonyl (C=O) groups excluding carboxylic acids is 1. The zero-order valence-electron chi connectivity index (χ0n) is 10.5. The van der Waals surface area contributed by atoms with Gasteiger partial charge in [0.15, 0.2) is 0 Å². The van der Waals surface area contributed by atoms with Gasteiger partial charge >= 0.3 is 0 Å². The third kappa shape index (κ3) is 4.14. The topological polar surface area (TPSA) is 71.2 Å². The van der Waals surface area contributed by atoms with Gasteiger partial charge in [-0.15, -0.1) is 5.10 Å². The standard InChI is InChI=1S/C11H20N4O2/c1-3-14(4-2)11(17)6-5-7-15-8-10(9-16)12-13-15/h8,16H,3-7,9H2,1-2H3. The van der Waals surface area contributed by atoms with Gasteiger partial charge < -0.3 is 10.0 Å². The molecule has 0 saturated heterocycles. The molecule has 6 heteroatoms. The second-order valence-corrected chi connectivity index (χ2v) is 3.80. The Labute approximate surface area is 101 Å². The summed E-state index contributed by atoms with van der Waals surface area (Å²) >= 11 is 0. The molecule has 1 amide bonds. The lowest BCUT2D eigenvalue weighted by Gasteiger charge is -2.18. The van der Waals surface area contributed by atoms with Crippen molar-refractivity contribution in [2.75, 3.05) is 13.1 Å². The smallest absolute Gasteiger partial charge is 0.222 e. The van der Waals surface area contributed by atoms with Crippen molar-refractivity contribution in [3.63, 3.8) is 0 Å². The first-order valence-corrected chi connectivity index (χ1v) is 5.98. The van der Waals surface area contributed by atoms with Crippen LogP contribution >= 0.6 is 0 Å². The van der Waals surface area contributed by atoms with Gasteiger partial charge in [-0.3, -0.25) is 9.48 Å². The summed E-state index contributed by atoms with van der Waals surface area (Å²) in [6.07, 6.45) is 2.96. The number of hydrogen-bond donors (Lipinski definition) is 1. The molecule has 1 heterocycles. The Hall–Kier alpha value is -1.43. The molecule has 17 heavy (non-hydrogen) atoms. The number of hydrogen-bond acceptors (Lipinski definition) is 4. The number of aromatic nitrogens is 3. The Bertz CT molecular complexity index is 347. The number of amides is 1. The van der Waals surface area contributed by atoms with Gasteiger partial charge in [0.1, 0.15) is 5.69 Å². The van der Waals surface area contributed by atoms with E-state index in [1.54, 1.807) is 10.9 Å². The van der Waals surface area contributed by atoms with E-state index in [0.717, 1.165) is 19.5 Å². The predicted octanol–water partition coefficient (Wildman–Crippen LogP) is 0.419. The summed E-state index contributed by atoms with van der Waals surface area (Å²) < 4.78 is 1.65. The Balaban J connectivity index is 2.29. The maximum Gasteiger partial charge on any atom is 0.222 e. The Morgan fingerprint density at radius 3 is 2.71 bits per heavy atom. The van der Waals surface area contributed by atoms with E-state index in [9.17, 15) is 4.79 Å². The summed E-state index contributed by atoms with van der Waals surface area (Å²) in [7, 11) is 0. The van der Waals surface area contributed by atoms with Crippen molar-refractivity contribution in [3.8, 4) is 0 Å². The summed E-state index contributed by atoms with van der Waals surface area (Å²) in [4.78, 5) is 13.5. The minimum absolute atomic E-state index is 0.0988. The molecule has 0 radical (unpaired) electrons. The summed E-state index contributed by atoms with van der Waals surface area (Å²) in [5.41, 5.74) is 0.556. The monoisotopic (exact) mass is 240 g/mol. The van der Waals surface area contributed by atoms with Crippen molar-refractivity contribution >= 4 is 5.91 Å². The minimum Gasteiger partial charge on any atom is -0.390 e. The SMILES string of the molecule is CCN(CC)C(=O)CCCn1cc(CO)nn1. The van der Waals surface area contributed by atoms with Gasteiger partial charge in [-0.2, -0.15) is 0 Å². The molecule has 1 aromatic heterocycles. The molecule has 0 atom stereocenters. The average molecular weight is 240 g/mol. The van der Waals surface area contributed by atoms with Gasteiger partial charge in [-0.25, -0.2) is 0 Å². The van der Waals surface area contributed by atoms with E-state index >= 15 is 0 Å². The first-order valence-electron chi connectivity index (χ1n) is 5.98. The zero-order chi connectivity index (χ0) is 12.7. The van der Waals surface area contributed by atoms with E-state index in [0.29, 0.717) is 18.7 Å². The molecule has 0 fully saturated rings. The highest BCUT2D eigenvalue weighted by molar-refractivity contribution is 5.75. The Morgan fingerprint density at radius 2 is 2.18 bits per heavy atom. The van der Waals surface area contributed by atoms with Gasteiger partial charge in [0.25, 0.3) is 0 Å². The van der Waals surface area contributed by atoms with Gasteiger partial charge in [0.05, 0.1) is 12.8 Å². The summed E-state index contributed by atoms with van der Waals surface area (Å²) in [5, 5.41) is 16.4. The first kappa shape index (κ1) is 13.6. The molecule has 6 nitrogen and oxygen atoms in total. The van der Waals surface area contributed by atoms with Crippen LogP contribution in [0.15, 0.2) is 6.20 Å². The molecule has 1 N–H and O–H groups in total. The third-order valence-corrected chi connectivity index (χ3v) is 2.64. The lowest BCUT2D eigenvalue weighted by molar-refractivity contribution is -0.130. The van der Waals surface area contributed by atoms with Crippen LogP contribution in [0.5, 0.6) is 0 Å². The molecule has 0 saturated carbocycles. The molecule has 0 bridgehead atoms. The van der Waals surface area contributed by atoms with Crippen molar-refractivity contribution in [2.45, 2.75) is 39.8 Å². The molecule has 0 spiro atoms. The fourth-order valence-corrected chi connectivity index (χ4v) is 1.65. The molecule has 0 aliphatic heterocycles. The van der Waals surface area contributed by atoms with Crippen LogP contribution < -0.4 is 0 Å². The van der Waals surface area contributed by atoms with E-state index in [-0.39, 0.29) is 12.5 Å². The van der Waals surface area contributed by atoms with Crippen molar-refractivity contribution in [1.29, 1.82) is 0 Å². The number of nitrogens with zero attached hydrogens (tertiary/aromatic N) is 4. The van der Waals surface area contributed by atoms with Crippen LogP contribution in [-0.4, -0.2) is 44.0 Å². The van der Waals surface area contributed by atoms with Crippen LogP contribution in [0, 0.1) is 0 Å². The van der Waals surface area contributed by atoms with Crippen molar-refractivity contribution in [3.05, 3.63) is 11.9 Å². The Kier molecular flexibility index (Phi) is 5.62. The van der Waals surface area contributed by atoms with E-state index in [2.05, 4.69) is 10.3 Å². The van der Waals surface area contributed by atoms with Crippen molar-refractivity contribution in [2.24, 2.45) is 0 Å². The summed E-state index contributed by atoms with van der Waals surface area (Å²) in [5.74, 6) is 0.178. The number of rotatable bonds is 7. The third-order valence-electron chi connectivity index (χ3n) is 2.64. The molecule has 1 aromatic rings. The second-order valence-electron chi connectivity index (χ2n) is 3.80. The minimum atomic E-state index is -0.0988. The molecule has 0 unspecified atom stereocenters. The number of carbonyl (C=O) groups is 1. The van der Waals surface area contributed by atoms with Crippen LogP contribution in [0.4, 0.5) is 0 Å². The van der Waals surface area contributed by atoms with Crippen LogP contribution in [-0.2, 0) is 17.9 Å². The molecular formula is C11H20N4O2. The van der Waals surface area contributed by atoms with E-state index < -0.39 is 0 Å². The highest BCUT2D eigenvalue weighted by Gasteiger charge is 2.08. The first-order chi connectivity index (χ1) is 8.21. The molecular weight excluding hydrogens is 220 g/mol. The molecule has 0 aromatic carbocycles. The number of aliphatic hydroxyl groups excluding tert-OH is 1. The predicted molar refractivity (Wildman–Crippen MR) is 63.1 cm³/mol. The second kappa shape index (κ2) is 7.01. The number of aliphatic hydroxyl groups is 1. The molecule has 0 aliphatic carbocycles. The van der Waals surface area contributed by atoms with Crippen LogP contribution in [0.25, 0.3) is 0 Å². The quantitative estimate of drug-likeness (QED) is 0.749. The van der Waals surface area contributed by atoms with Gasteiger partial charge in [0.2, 0.25) is 5.91 Å². The normalized spacial score (nSPS) is 10.5. The maximum atomic E-state index is 11.7. The van der Waals surface area contributed by atoms with Crippen LogP contribution in [0.1, 0.15) is 32.4 Å². The Morgan fingerprint density at radius 1 is 1.47 bits per heavy atom. The molecule has 0 aliphatic rings. The van der Waals surface area contributed by atoms with E-state index in [1.165, 1.54) is 0 Å². The fourth-order valence-electron chi connectivity index (χ4n) is 1.65. The van der Waals surface area contributed by atoms with Crippen molar-refractivity contribution < 1.29 is 9.90 Å². The maximum absolute atomic E-state index is 11.7. The van der Waals surface area contributed by atoms with Crippen LogP contribution in [0.3, 0.4) is 0 Å². The molecule has 1 rings (SSSR count). The van der Waals surface area contributed by atoms with Gasteiger partial charge in [0, 0.05) is 26.1 Å².